The second-order valence-electron chi connectivity index (χ2n) is 5.10. The van der Waals surface area contributed by atoms with E-state index in [1.807, 2.05) is 0 Å². The predicted molar refractivity (Wildman–Crippen MR) is 72.4 cm³/mol. The van der Waals surface area contributed by atoms with Gasteiger partial charge in [0.05, 0.1) is 0 Å². The van der Waals surface area contributed by atoms with Crippen molar-refractivity contribution in [2.24, 2.45) is 0 Å². The molecule has 5 nitrogen and oxygen atoms in total. The first-order chi connectivity index (χ1) is 11.5. The van der Waals surface area contributed by atoms with Gasteiger partial charge in [0.2, 0.25) is 5.82 Å². The second-order valence-corrected chi connectivity index (χ2v) is 5.10. The van der Waals surface area contributed by atoms with Gasteiger partial charge in [0.1, 0.15) is 11.4 Å². The van der Waals surface area contributed by atoms with Crippen molar-refractivity contribution in [1.82, 2.24) is 19.8 Å². The van der Waals surface area contributed by atoms with Crippen LogP contribution in [-0.4, -0.2) is 26.2 Å². The van der Waals surface area contributed by atoms with Crippen LogP contribution in [0.3, 0.4) is 0 Å². The molecule has 0 spiro atoms. The molecule has 0 atom stereocenters. The molecule has 0 bridgehead atoms. The zero-order valence-corrected chi connectivity index (χ0v) is 12.4. The van der Waals surface area contributed by atoms with Gasteiger partial charge in [-0.1, -0.05) is 0 Å². The zero-order valence-electron chi connectivity index (χ0n) is 12.4. The molecule has 0 unspecified atom stereocenters. The van der Waals surface area contributed by atoms with Gasteiger partial charge in [0.25, 0.3) is 0 Å². The maximum absolute atomic E-state index is 14.1. The van der Waals surface area contributed by atoms with E-state index >= 15 is 0 Å². The van der Waals surface area contributed by atoms with Crippen LogP contribution in [0.15, 0.2) is 30.3 Å². The van der Waals surface area contributed by atoms with E-state index < -0.39 is 29.7 Å². The Morgan fingerprint density at radius 3 is 2.20 bits per heavy atom. The maximum atomic E-state index is 14.1. The van der Waals surface area contributed by atoms with Gasteiger partial charge in [0, 0.05) is 18.6 Å². The maximum Gasteiger partial charge on any atom is 0.573 e. The van der Waals surface area contributed by atoms with E-state index in [2.05, 4.69) is 20.0 Å². The first kappa shape index (κ1) is 17.0. The van der Waals surface area contributed by atoms with Crippen LogP contribution in [0.2, 0.25) is 0 Å². The minimum atomic E-state index is -4.87. The molecule has 3 aromatic rings. The molecule has 11 heteroatoms. The summed E-state index contributed by atoms with van der Waals surface area (Å²) in [5.74, 6) is -5.56. The fraction of sp³-hybridized carbons (Fsp3) is 0.214. The molecular weight excluding hydrogens is 354 g/mol. The van der Waals surface area contributed by atoms with Crippen molar-refractivity contribution in [1.29, 1.82) is 0 Å². The van der Waals surface area contributed by atoms with Crippen LogP contribution >= 0.6 is 0 Å². The minimum absolute atomic E-state index is 0.0630. The number of nitrogens with zero attached hydrogens (tertiary/aromatic N) is 4. The van der Waals surface area contributed by atoms with Gasteiger partial charge in [-0.2, -0.15) is 18.4 Å². The summed E-state index contributed by atoms with van der Waals surface area (Å²) in [5.41, 5.74) is -0.515. The van der Waals surface area contributed by atoms with Crippen LogP contribution in [0.5, 0.6) is 5.75 Å². The summed E-state index contributed by atoms with van der Waals surface area (Å²) in [4.78, 5) is 0. The average molecular weight is 362 g/mol. The molecule has 0 radical (unpaired) electrons. The third-order valence-corrected chi connectivity index (χ3v) is 3.10. The molecule has 2 heterocycles. The zero-order chi connectivity index (χ0) is 18.4. The number of alkyl halides is 5. The standard InChI is InChI=1S/C14H8F6N4O/c1-13(16,17)12-22-21-10-6-9(15)11(23-24(10)12)7-2-4-8(5-3-7)25-14(18,19)20/h2-6H,1H3. The molecule has 1 aromatic carbocycles. The van der Waals surface area contributed by atoms with Gasteiger partial charge in [0.15, 0.2) is 11.5 Å². The SMILES string of the molecule is CC(F)(F)c1nnc2cc(F)c(-c3ccc(OC(F)(F)F)cc3)nn12. The van der Waals surface area contributed by atoms with Crippen molar-refractivity contribution in [3.8, 4) is 17.0 Å². The first-order valence-corrected chi connectivity index (χ1v) is 6.71. The summed E-state index contributed by atoms with van der Waals surface area (Å²) in [6.07, 6.45) is -4.87. The Hall–Kier alpha value is -2.85. The summed E-state index contributed by atoms with van der Waals surface area (Å²) < 4.78 is 81.9. The molecule has 3 rings (SSSR count). The Labute approximate surface area is 135 Å². The molecule has 0 saturated carbocycles. The quantitative estimate of drug-likeness (QED) is 0.663. The van der Waals surface area contributed by atoms with Crippen LogP contribution in [0, 0.1) is 5.82 Å². The molecule has 0 aliphatic carbocycles. The number of hydrogen-bond donors (Lipinski definition) is 0. The number of rotatable bonds is 3. The highest BCUT2D eigenvalue weighted by Gasteiger charge is 2.32. The lowest BCUT2D eigenvalue weighted by Crippen LogP contribution is -2.17. The number of halogens is 6. The van der Waals surface area contributed by atoms with Crippen molar-refractivity contribution < 1.29 is 31.1 Å². The summed E-state index contributed by atoms with van der Waals surface area (Å²) in [7, 11) is 0. The Morgan fingerprint density at radius 2 is 1.64 bits per heavy atom. The minimum Gasteiger partial charge on any atom is -0.406 e. The van der Waals surface area contributed by atoms with Crippen LogP contribution < -0.4 is 4.74 Å². The lowest BCUT2D eigenvalue weighted by Gasteiger charge is -2.10. The third-order valence-electron chi connectivity index (χ3n) is 3.10. The molecule has 132 valence electrons. The van der Waals surface area contributed by atoms with Crippen LogP contribution in [0.4, 0.5) is 26.3 Å². The Kier molecular flexibility index (Phi) is 3.81. The first-order valence-electron chi connectivity index (χ1n) is 6.71. The molecule has 0 N–H and O–H groups in total. The number of fused-ring (bicyclic) bond motifs is 1. The lowest BCUT2D eigenvalue weighted by molar-refractivity contribution is -0.274. The fourth-order valence-electron chi connectivity index (χ4n) is 2.09. The van der Waals surface area contributed by atoms with E-state index in [0.29, 0.717) is 11.4 Å². The van der Waals surface area contributed by atoms with E-state index in [0.717, 1.165) is 30.3 Å². The largest absolute Gasteiger partial charge is 0.573 e. The number of aromatic nitrogens is 4. The molecular formula is C14H8F6N4O. The Balaban J connectivity index is 2.04. The van der Waals surface area contributed by atoms with Crippen LogP contribution in [0.1, 0.15) is 12.7 Å². The van der Waals surface area contributed by atoms with E-state index in [1.165, 1.54) is 0 Å². The molecule has 0 amide bonds. The van der Waals surface area contributed by atoms with Crippen molar-refractivity contribution in [3.63, 3.8) is 0 Å². The highest BCUT2D eigenvalue weighted by Crippen LogP contribution is 2.29. The van der Waals surface area contributed by atoms with Gasteiger partial charge in [-0.15, -0.1) is 23.4 Å². The van der Waals surface area contributed by atoms with Crippen molar-refractivity contribution >= 4 is 5.65 Å². The smallest absolute Gasteiger partial charge is 0.406 e. The van der Waals surface area contributed by atoms with Gasteiger partial charge in [-0.3, -0.25) is 0 Å². The molecule has 2 aromatic heterocycles. The summed E-state index contributed by atoms with van der Waals surface area (Å²) in [6, 6.07) is 4.99. The van der Waals surface area contributed by atoms with Crippen LogP contribution in [-0.2, 0) is 5.92 Å². The molecule has 0 saturated heterocycles. The van der Waals surface area contributed by atoms with Crippen LogP contribution in [0.25, 0.3) is 16.9 Å². The highest BCUT2D eigenvalue weighted by atomic mass is 19.4. The monoisotopic (exact) mass is 362 g/mol. The van der Waals surface area contributed by atoms with Crippen molar-refractivity contribution in [2.75, 3.05) is 0 Å². The van der Waals surface area contributed by atoms with E-state index in [-0.39, 0.29) is 16.9 Å². The third kappa shape index (κ3) is 3.49. The summed E-state index contributed by atoms with van der Waals surface area (Å²) >= 11 is 0. The Morgan fingerprint density at radius 1 is 1.00 bits per heavy atom. The van der Waals surface area contributed by atoms with E-state index in [4.69, 9.17) is 0 Å². The normalized spacial score (nSPS) is 12.6. The van der Waals surface area contributed by atoms with Gasteiger partial charge in [-0.25, -0.2) is 4.39 Å². The van der Waals surface area contributed by atoms with Gasteiger partial charge in [-0.05, 0) is 24.3 Å². The predicted octanol–water partition coefficient (Wildman–Crippen LogP) is 3.94. The average Bonchev–Trinajstić information content (AvgIpc) is 2.88. The molecule has 0 fully saturated rings. The number of hydrogen-bond acceptors (Lipinski definition) is 4. The Bertz CT molecular complexity index is 914. The van der Waals surface area contributed by atoms with E-state index in [1.54, 1.807) is 0 Å². The lowest BCUT2D eigenvalue weighted by atomic mass is 10.1. The topological polar surface area (TPSA) is 52.3 Å². The second kappa shape index (κ2) is 5.60. The van der Waals surface area contributed by atoms with Gasteiger partial charge < -0.3 is 4.74 Å². The number of benzene rings is 1. The van der Waals surface area contributed by atoms with Crippen molar-refractivity contribution in [3.05, 3.63) is 42.0 Å². The van der Waals surface area contributed by atoms with Gasteiger partial charge >= 0.3 is 12.3 Å². The molecule has 25 heavy (non-hydrogen) atoms. The molecule has 0 aliphatic rings. The molecule has 0 aliphatic heterocycles. The highest BCUT2D eigenvalue weighted by molar-refractivity contribution is 5.62. The summed E-state index contributed by atoms with van der Waals surface area (Å²) in [6.45, 7) is 0.581. The van der Waals surface area contributed by atoms with Crippen molar-refractivity contribution in [2.45, 2.75) is 19.2 Å². The fourth-order valence-corrected chi connectivity index (χ4v) is 2.09. The van der Waals surface area contributed by atoms with E-state index in [9.17, 15) is 26.3 Å². The summed E-state index contributed by atoms with van der Waals surface area (Å²) in [5, 5.41) is 10.5. The number of ether oxygens (including phenoxy) is 1.